The molecular weight excluding hydrogens is 937 g/mol. The molecule has 20 nitrogen and oxygen atoms in total. The normalized spacial score (nSPS) is 17.4. The average Bonchev–Trinajstić information content (AvgIpc) is 3.78. The standard InChI is InChI=1S/C50H57F2N11O9/c51-45(52)44-38(57-46(65)39-30-72-48(58-39)33-12-15-54-41(26-33)55-28-32-4-5-32)29-62(60-44)35-8-6-31(7-9-35)27-53-16-20-69-22-24-71-25-23-70-21-19-61-17-13-34(14-18-61)56-37-3-1-2-36-43(37)50(68)63(49(36)67)40-10-11-42(64)59-47(40)66/h1-3,6-9,12,15,26,29-30,32,34,40,45,53,56H,4-5,10-11,13-14,16-25,27-28H2,(H,54,55)(H,57,65)(H,59,64,66). The molecule has 6 heterocycles. The van der Waals surface area contributed by atoms with Gasteiger partial charge in [0.15, 0.2) is 11.4 Å². The second kappa shape index (κ2) is 23.5. The molecule has 22 heteroatoms. The van der Waals surface area contributed by atoms with Crippen LogP contribution in [0.2, 0.25) is 0 Å². The average molecular weight is 994 g/mol. The number of anilines is 3. The van der Waals surface area contributed by atoms with Crippen LogP contribution >= 0.6 is 0 Å². The predicted octanol–water partition coefficient (Wildman–Crippen LogP) is 5.05. The summed E-state index contributed by atoms with van der Waals surface area (Å²) >= 11 is 0. The van der Waals surface area contributed by atoms with Gasteiger partial charge in [0.1, 0.15) is 18.1 Å². The number of halogens is 2. The minimum atomic E-state index is -2.94. The molecule has 3 fully saturated rings. The van der Waals surface area contributed by atoms with Gasteiger partial charge in [-0.15, -0.1) is 0 Å². The summed E-state index contributed by atoms with van der Waals surface area (Å²) in [5.74, 6) is -1.28. The molecule has 1 saturated carbocycles. The van der Waals surface area contributed by atoms with Crippen molar-refractivity contribution in [2.24, 2.45) is 5.92 Å². The van der Waals surface area contributed by atoms with Crippen LogP contribution in [0.4, 0.5) is 26.0 Å². The highest BCUT2D eigenvalue weighted by Gasteiger charge is 2.46. The highest BCUT2D eigenvalue weighted by molar-refractivity contribution is 6.25. The largest absolute Gasteiger partial charge is 0.444 e. The van der Waals surface area contributed by atoms with E-state index < -0.39 is 47.7 Å². The number of carbonyl (C=O) groups is 5. The molecule has 3 aliphatic heterocycles. The Morgan fingerprint density at radius 1 is 0.875 bits per heavy atom. The van der Waals surface area contributed by atoms with Crippen LogP contribution in [0.5, 0.6) is 0 Å². The maximum absolute atomic E-state index is 14.1. The molecule has 0 radical (unpaired) electrons. The van der Waals surface area contributed by atoms with Gasteiger partial charge in [-0.25, -0.2) is 23.4 Å². The van der Waals surface area contributed by atoms with Gasteiger partial charge < -0.3 is 44.8 Å². The van der Waals surface area contributed by atoms with Gasteiger partial charge in [0.2, 0.25) is 17.7 Å². The minimum Gasteiger partial charge on any atom is -0.444 e. The molecule has 0 spiro atoms. The molecule has 1 atom stereocenters. The highest BCUT2D eigenvalue weighted by atomic mass is 19.3. The number of nitrogens with one attached hydrogen (secondary N) is 5. The van der Waals surface area contributed by atoms with Crippen molar-refractivity contribution in [1.82, 2.24) is 40.2 Å². The van der Waals surface area contributed by atoms with Crippen molar-refractivity contribution in [3.8, 4) is 17.1 Å². The van der Waals surface area contributed by atoms with E-state index in [1.165, 1.54) is 30.0 Å². The number of oxazole rings is 1. The number of rotatable bonds is 25. The van der Waals surface area contributed by atoms with Crippen molar-refractivity contribution in [1.29, 1.82) is 0 Å². The number of fused-ring (bicyclic) bond motifs is 1. The molecule has 1 aliphatic carbocycles. The Kier molecular flexibility index (Phi) is 16.3. The van der Waals surface area contributed by atoms with Crippen LogP contribution in [0.3, 0.4) is 0 Å². The zero-order valence-corrected chi connectivity index (χ0v) is 39.6. The molecule has 4 aliphatic rings. The number of alkyl halides is 2. The minimum absolute atomic E-state index is 0.0687. The number of amides is 5. The fraction of sp³-hybridized carbons (Fsp3) is 0.440. The number of imide groups is 2. The van der Waals surface area contributed by atoms with E-state index in [1.54, 1.807) is 48.7 Å². The number of hydrogen-bond donors (Lipinski definition) is 5. The van der Waals surface area contributed by atoms with Crippen molar-refractivity contribution in [2.75, 3.05) is 88.3 Å². The van der Waals surface area contributed by atoms with Gasteiger partial charge in [0.25, 0.3) is 24.1 Å². The number of benzene rings is 2. The van der Waals surface area contributed by atoms with Crippen molar-refractivity contribution in [3.05, 3.63) is 101 Å². The van der Waals surface area contributed by atoms with E-state index in [-0.39, 0.29) is 47.3 Å². The summed E-state index contributed by atoms with van der Waals surface area (Å²) in [5, 5.41) is 18.9. The molecule has 380 valence electrons. The zero-order chi connectivity index (χ0) is 50.0. The van der Waals surface area contributed by atoms with Crippen LogP contribution < -0.4 is 26.6 Å². The molecule has 2 aromatic carbocycles. The van der Waals surface area contributed by atoms with Crippen LogP contribution in [0.1, 0.15) is 87.4 Å². The number of aromatic nitrogens is 4. The molecule has 0 bridgehead atoms. The van der Waals surface area contributed by atoms with Crippen molar-refractivity contribution < 1.29 is 51.4 Å². The van der Waals surface area contributed by atoms with Crippen molar-refractivity contribution in [3.63, 3.8) is 0 Å². The van der Waals surface area contributed by atoms with Gasteiger partial charge >= 0.3 is 0 Å². The number of nitrogens with zero attached hydrogens (tertiary/aromatic N) is 6. The van der Waals surface area contributed by atoms with E-state index in [4.69, 9.17) is 18.6 Å². The Bertz CT molecular complexity index is 2720. The Labute approximate surface area is 413 Å². The maximum Gasteiger partial charge on any atom is 0.284 e. The monoisotopic (exact) mass is 993 g/mol. The van der Waals surface area contributed by atoms with Crippen LogP contribution in [-0.4, -0.2) is 144 Å². The maximum atomic E-state index is 14.1. The van der Waals surface area contributed by atoms with Gasteiger partial charge in [-0.3, -0.25) is 34.2 Å². The molecule has 3 aromatic heterocycles. The third-order valence-corrected chi connectivity index (χ3v) is 12.9. The van der Waals surface area contributed by atoms with Crippen LogP contribution in [0.15, 0.2) is 77.7 Å². The van der Waals surface area contributed by atoms with E-state index in [0.717, 1.165) is 49.5 Å². The lowest BCUT2D eigenvalue weighted by molar-refractivity contribution is -0.136. The molecule has 5 amide bonds. The Morgan fingerprint density at radius 3 is 2.39 bits per heavy atom. The topological polar surface area (TPSA) is 236 Å². The van der Waals surface area contributed by atoms with E-state index in [1.807, 2.05) is 12.1 Å². The first-order valence-corrected chi connectivity index (χ1v) is 24.3. The first kappa shape index (κ1) is 50.0. The van der Waals surface area contributed by atoms with Crippen LogP contribution in [-0.2, 0) is 30.3 Å². The summed E-state index contributed by atoms with van der Waals surface area (Å²) in [7, 11) is 0. The fourth-order valence-corrected chi connectivity index (χ4v) is 8.74. The molecule has 9 rings (SSSR count). The second-order valence-corrected chi connectivity index (χ2v) is 18.0. The second-order valence-electron chi connectivity index (χ2n) is 18.0. The molecule has 1 unspecified atom stereocenters. The Morgan fingerprint density at radius 2 is 1.64 bits per heavy atom. The Balaban J connectivity index is 0.607. The molecule has 72 heavy (non-hydrogen) atoms. The third-order valence-electron chi connectivity index (χ3n) is 12.9. The summed E-state index contributed by atoms with van der Waals surface area (Å²) in [4.78, 5) is 75.7. The van der Waals surface area contributed by atoms with E-state index in [2.05, 4.69) is 46.6 Å². The van der Waals surface area contributed by atoms with E-state index >= 15 is 0 Å². The quantitative estimate of drug-likeness (QED) is 0.0380. The summed E-state index contributed by atoms with van der Waals surface area (Å²) in [6.07, 6.45) is 5.45. The van der Waals surface area contributed by atoms with Crippen molar-refractivity contribution in [2.45, 2.75) is 63.6 Å². The van der Waals surface area contributed by atoms with Gasteiger partial charge in [-0.05, 0) is 80.0 Å². The number of pyridine rings is 1. The summed E-state index contributed by atoms with van der Waals surface area (Å²) in [6, 6.07) is 14.9. The Hall–Kier alpha value is -6.98. The first-order valence-electron chi connectivity index (χ1n) is 24.3. The predicted molar refractivity (Wildman–Crippen MR) is 258 cm³/mol. The number of piperidine rings is 2. The number of carbonyl (C=O) groups excluding carboxylic acids is 5. The SMILES string of the molecule is O=C1CCC(N2C(=O)c3cccc(NC4CCN(CCOCCOCCOCCNCc5ccc(-n6cc(NC(=O)c7coc(-c8ccnc(NCC9CC9)c8)n7)c(C(F)F)n6)cc5)CC4)c3C2=O)C(=O)N1. The van der Waals surface area contributed by atoms with Gasteiger partial charge in [-0.2, -0.15) is 5.10 Å². The third kappa shape index (κ3) is 12.5. The number of ether oxygens (including phenoxy) is 3. The summed E-state index contributed by atoms with van der Waals surface area (Å²) in [6.45, 7) is 7.27. The summed E-state index contributed by atoms with van der Waals surface area (Å²) in [5.41, 5.74) is 2.42. The lowest BCUT2D eigenvalue weighted by atomic mass is 10.0. The van der Waals surface area contributed by atoms with Gasteiger partial charge in [-0.1, -0.05) is 18.2 Å². The van der Waals surface area contributed by atoms with E-state index in [9.17, 15) is 32.8 Å². The van der Waals surface area contributed by atoms with Crippen LogP contribution in [0, 0.1) is 5.92 Å². The fourth-order valence-electron chi connectivity index (χ4n) is 8.74. The molecule has 5 aromatic rings. The molecule has 5 N–H and O–H groups in total. The van der Waals surface area contributed by atoms with Gasteiger partial charge in [0.05, 0.1) is 68.3 Å². The highest BCUT2D eigenvalue weighted by Crippen LogP contribution is 2.34. The van der Waals surface area contributed by atoms with Crippen molar-refractivity contribution >= 4 is 46.7 Å². The van der Waals surface area contributed by atoms with Gasteiger partial charge in [0, 0.05) is 69.2 Å². The molecule has 2 saturated heterocycles. The van der Waals surface area contributed by atoms with Crippen LogP contribution in [0.25, 0.3) is 17.1 Å². The lowest BCUT2D eigenvalue weighted by Gasteiger charge is -2.33. The smallest absolute Gasteiger partial charge is 0.284 e. The van der Waals surface area contributed by atoms with E-state index in [0.29, 0.717) is 81.4 Å². The molecular formula is C50H57F2N11O9. The number of hydrogen-bond acceptors (Lipinski definition) is 16. The first-order chi connectivity index (χ1) is 35.1. The summed E-state index contributed by atoms with van der Waals surface area (Å²) < 4.78 is 52.1. The lowest BCUT2D eigenvalue weighted by Crippen LogP contribution is -2.54. The zero-order valence-electron chi connectivity index (χ0n) is 39.6. The number of likely N-dealkylation sites (tertiary alicyclic amines) is 1.